The highest BCUT2D eigenvalue weighted by molar-refractivity contribution is 7.87. The lowest BCUT2D eigenvalue weighted by Crippen LogP contribution is -2.61. The molecule has 0 unspecified atom stereocenters. The Labute approximate surface area is 126 Å². The first-order valence-electron chi connectivity index (χ1n) is 7.02. The van der Waals surface area contributed by atoms with Crippen molar-refractivity contribution in [1.29, 1.82) is 0 Å². The van der Waals surface area contributed by atoms with Gasteiger partial charge in [0.15, 0.2) is 0 Å². The largest absolute Gasteiger partial charge is 0.392 e. The molecule has 20 heavy (non-hydrogen) atoms. The minimum atomic E-state index is -3.57. The fraction of sp³-hybridized carbons (Fsp3) is 0.917. The lowest BCUT2D eigenvalue weighted by molar-refractivity contribution is 0.0719. The van der Waals surface area contributed by atoms with Gasteiger partial charge in [0.1, 0.15) is 0 Å². The van der Waals surface area contributed by atoms with Gasteiger partial charge in [-0.3, -0.25) is 0 Å². The first kappa shape index (κ1) is 16.1. The third-order valence-corrected chi connectivity index (χ3v) is 6.32. The molecular weight excluding hydrogens is 298 g/mol. The van der Waals surface area contributed by atoms with Gasteiger partial charge in [-0.2, -0.15) is 17.4 Å². The van der Waals surface area contributed by atoms with Crippen LogP contribution in [0.4, 0.5) is 0 Å². The number of thiocarbonyl (C=S) groups is 1. The van der Waals surface area contributed by atoms with E-state index < -0.39 is 15.7 Å². The quantitative estimate of drug-likeness (QED) is 0.732. The van der Waals surface area contributed by atoms with Crippen LogP contribution in [0.3, 0.4) is 0 Å². The standard InChI is InChI=1S/C12H23N3O3S2/c1-10-2-4-12(5-3-10,11(13)19)14-20(16,17)15-6-8-18-9-7-15/h10,14H,2-9H2,1H3,(H2,13,19). The van der Waals surface area contributed by atoms with E-state index in [1.54, 1.807) is 0 Å². The van der Waals surface area contributed by atoms with Gasteiger partial charge in [0, 0.05) is 13.1 Å². The summed E-state index contributed by atoms with van der Waals surface area (Å²) >= 11 is 5.14. The second-order valence-corrected chi connectivity index (χ2v) is 7.86. The van der Waals surface area contributed by atoms with E-state index >= 15 is 0 Å². The van der Waals surface area contributed by atoms with Crippen LogP contribution >= 0.6 is 12.2 Å². The zero-order valence-electron chi connectivity index (χ0n) is 11.8. The summed E-state index contributed by atoms with van der Waals surface area (Å²) in [5.41, 5.74) is 5.08. The summed E-state index contributed by atoms with van der Waals surface area (Å²) in [6.07, 6.45) is 3.21. The molecule has 0 amide bonds. The molecule has 0 bridgehead atoms. The van der Waals surface area contributed by atoms with Crippen LogP contribution in [-0.4, -0.2) is 49.6 Å². The Kier molecular flexibility index (Phi) is 5.01. The van der Waals surface area contributed by atoms with Crippen molar-refractivity contribution >= 4 is 27.4 Å². The minimum absolute atomic E-state index is 0.251. The maximum atomic E-state index is 12.5. The molecule has 1 saturated heterocycles. The Balaban J connectivity index is 2.13. The molecule has 1 heterocycles. The van der Waals surface area contributed by atoms with Crippen LogP contribution in [-0.2, 0) is 14.9 Å². The predicted octanol–water partition coefficient (Wildman–Crippen LogP) is 0.388. The van der Waals surface area contributed by atoms with Gasteiger partial charge in [-0.05, 0) is 31.6 Å². The number of rotatable bonds is 4. The van der Waals surface area contributed by atoms with Crippen LogP contribution in [0.1, 0.15) is 32.6 Å². The molecule has 8 heteroatoms. The third-order valence-electron chi connectivity index (χ3n) is 4.23. The maximum absolute atomic E-state index is 12.5. The summed E-state index contributed by atoms with van der Waals surface area (Å²) in [6.45, 7) is 3.77. The molecule has 0 radical (unpaired) electrons. The van der Waals surface area contributed by atoms with Crippen molar-refractivity contribution in [2.75, 3.05) is 26.3 Å². The van der Waals surface area contributed by atoms with Gasteiger partial charge in [-0.15, -0.1) is 0 Å². The van der Waals surface area contributed by atoms with E-state index in [2.05, 4.69) is 11.6 Å². The summed E-state index contributed by atoms with van der Waals surface area (Å²) in [4.78, 5) is 0.251. The summed E-state index contributed by atoms with van der Waals surface area (Å²) in [5, 5.41) is 0. The molecule has 2 aliphatic rings. The number of morpholine rings is 1. The van der Waals surface area contributed by atoms with Gasteiger partial charge in [0.25, 0.3) is 10.2 Å². The van der Waals surface area contributed by atoms with Gasteiger partial charge in [0.2, 0.25) is 0 Å². The molecule has 2 rings (SSSR count). The molecule has 6 nitrogen and oxygen atoms in total. The van der Waals surface area contributed by atoms with Crippen molar-refractivity contribution in [2.24, 2.45) is 11.7 Å². The Hall–Kier alpha value is -0.280. The molecule has 0 aromatic rings. The molecule has 2 fully saturated rings. The van der Waals surface area contributed by atoms with Crippen LogP contribution < -0.4 is 10.5 Å². The summed E-state index contributed by atoms with van der Waals surface area (Å²) in [7, 11) is -3.57. The third kappa shape index (κ3) is 3.48. The van der Waals surface area contributed by atoms with Crippen molar-refractivity contribution < 1.29 is 13.2 Å². The van der Waals surface area contributed by atoms with Crippen LogP contribution in [0.15, 0.2) is 0 Å². The molecule has 1 aliphatic heterocycles. The first-order valence-corrected chi connectivity index (χ1v) is 8.87. The Morgan fingerprint density at radius 2 is 1.90 bits per heavy atom. The number of hydrogen-bond donors (Lipinski definition) is 2. The highest BCUT2D eigenvalue weighted by Crippen LogP contribution is 2.33. The first-order chi connectivity index (χ1) is 9.36. The average Bonchev–Trinajstić information content (AvgIpc) is 2.42. The Morgan fingerprint density at radius 1 is 1.35 bits per heavy atom. The second-order valence-electron chi connectivity index (χ2n) is 5.75. The molecular formula is C12H23N3O3S2. The molecule has 0 aromatic carbocycles. The number of nitrogens with one attached hydrogen (secondary N) is 1. The monoisotopic (exact) mass is 321 g/mol. The molecule has 0 atom stereocenters. The van der Waals surface area contributed by atoms with Gasteiger partial charge >= 0.3 is 0 Å². The number of ether oxygens (including phenoxy) is 1. The SMILES string of the molecule is CC1CCC(NS(=O)(=O)N2CCOCC2)(C(N)=S)CC1. The predicted molar refractivity (Wildman–Crippen MR) is 81.6 cm³/mol. The second kappa shape index (κ2) is 6.23. The fourth-order valence-corrected chi connectivity index (χ4v) is 4.64. The van der Waals surface area contributed by atoms with Crippen molar-refractivity contribution in [3.05, 3.63) is 0 Å². The van der Waals surface area contributed by atoms with E-state index in [-0.39, 0.29) is 4.99 Å². The number of hydrogen-bond acceptors (Lipinski definition) is 4. The molecule has 3 N–H and O–H groups in total. The van der Waals surface area contributed by atoms with Gasteiger partial charge < -0.3 is 10.5 Å². The van der Waals surface area contributed by atoms with E-state index in [1.165, 1.54) is 4.31 Å². The molecule has 1 aliphatic carbocycles. The van der Waals surface area contributed by atoms with E-state index in [0.717, 1.165) is 12.8 Å². The van der Waals surface area contributed by atoms with Crippen molar-refractivity contribution in [3.8, 4) is 0 Å². The smallest absolute Gasteiger partial charge is 0.280 e. The van der Waals surface area contributed by atoms with Crippen LogP contribution in [0, 0.1) is 5.92 Å². The summed E-state index contributed by atoms with van der Waals surface area (Å²) < 4.78 is 34.4. The fourth-order valence-electron chi connectivity index (χ4n) is 2.75. The highest BCUT2D eigenvalue weighted by atomic mass is 32.2. The highest BCUT2D eigenvalue weighted by Gasteiger charge is 2.42. The molecule has 1 saturated carbocycles. The lowest BCUT2D eigenvalue weighted by atomic mass is 9.78. The van der Waals surface area contributed by atoms with E-state index in [9.17, 15) is 8.42 Å². The molecule has 0 aromatic heterocycles. The van der Waals surface area contributed by atoms with E-state index in [0.29, 0.717) is 45.1 Å². The normalized spacial score (nSPS) is 33.0. The van der Waals surface area contributed by atoms with Crippen molar-refractivity contribution in [3.63, 3.8) is 0 Å². The van der Waals surface area contributed by atoms with Gasteiger partial charge in [-0.1, -0.05) is 19.1 Å². The zero-order chi connectivity index (χ0) is 14.8. The Bertz CT molecular complexity index is 453. The lowest BCUT2D eigenvalue weighted by Gasteiger charge is -2.40. The average molecular weight is 321 g/mol. The maximum Gasteiger partial charge on any atom is 0.280 e. The van der Waals surface area contributed by atoms with Crippen molar-refractivity contribution in [2.45, 2.75) is 38.1 Å². The summed E-state index contributed by atoms with van der Waals surface area (Å²) in [6, 6.07) is 0. The topological polar surface area (TPSA) is 84.7 Å². The van der Waals surface area contributed by atoms with E-state index in [4.69, 9.17) is 22.7 Å². The zero-order valence-corrected chi connectivity index (χ0v) is 13.4. The van der Waals surface area contributed by atoms with Crippen molar-refractivity contribution in [1.82, 2.24) is 9.03 Å². The molecule has 0 spiro atoms. The number of nitrogens with zero attached hydrogens (tertiary/aromatic N) is 1. The number of nitrogens with two attached hydrogens (primary N) is 1. The molecule has 116 valence electrons. The Morgan fingerprint density at radius 3 is 2.40 bits per heavy atom. The van der Waals surface area contributed by atoms with Gasteiger partial charge in [-0.25, -0.2) is 0 Å². The van der Waals surface area contributed by atoms with Crippen LogP contribution in [0.25, 0.3) is 0 Å². The van der Waals surface area contributed by atoms with Crippen LogP contribution in [0.2, 0.25) is 0 Å². The van der Waals surface area contributed by atoms with E-state index in [1.807, 2.05) is 0 Å². The van der Waals surface area contributed by atoms with Crippen LogP contribution in [0.5, 0.6) is 0 Å². The van der Waals surface area contributed by atoms with Gasteiger partial charge in [0.05, 0.1) is 23.7 Å². The summed E-state index contributed by atoms with van der Waals surface area (Å²) in [5.74, 6) is 0.588. The minimum Gasteiger partial charge on any atom is -0.392 e.